The zero-order valence-corrected chi connectivity index (χ0v) is 75.3. The van der Waals surface area contributed by atoms with E-state index in [0.717, 1.165) is 31.6 Å². The van der Waals surface area contributed by atoms with E-state index in [2.05, 4.69) is 63.5 Å². The van der Waals surface area contributed by atoms with Gasteiger partial charge in [-0.1, -0.05) is 102 Å². The number of nitrogens with two attached hydrogens (primary N) is 5. The minimum atomic E-state index is -1.85. The quantitative estimate of drug-likeness (QED) is 0.0108. The summed E-state index contributed by atoms with van der Waals surface area (Å²) in [6.45, 7) is 5.60. The van der Waals surface area contributed by atoms with Crippen LogP contribution in [-0.2, 0) is 101 Å². The number of nitrogens with zero attached hydrogens (tertiary/aromatic N) is 4. The molecule has 3 aromatic carbocycles. The Morgan fingerprint density at radius 1 is 0.558 bits per heavy atom. The molecule has 0 radical (unpaired) electrons. The molecule has 17 amide bonds. The molecule has 7 rings (SSSR count). The maximum atomic E-state index is 15.7. The number of para-hydroxylation sites is 1. The number of amides is 17. The molecule has 41 nitrogen and oxygen atoms in total. The predicted molar refractivity (Wildman–Crippen MR) is 481 cm³/mol. The number of carbonyl (C=O) groups excluding carboxylic acids is 17. The van der Waals surface area contributed by atoms with E-state index < -0.39 is 211 Å². The van der Waals surface area contributed by atoms with E-state index in [9.17, 15) is 63.0 Å². The Labute approximate surface area is 755 Å². The number of rotatable bonds is 52. The Morgan fingerprint density at radius 3 is 1.71 bits per heavy atom. The van der Waals surface area contributed by atoms with Crippen LogP contribution in [0.1, 0.15) is 141 Å². The van der Waals surface area contributed by atoms with Crippen molar-refractivity contribution < 1.29 is 91.7 Å². The number of aromatic nitrogens is 1. The standard InChI is InChI=1S/C86H124N22O19S2/c1-8-10-23-64(79(121)98-56(22-16-32-94-86(91)92)75(117)104-63(74(116)96-42-71(90)113)45-128-46-72(114)97-57(73(115)93-5)36-48-28-30-51(110)31-29-48)105(6)85(127)67(24-11-9-2)106(7)83(125)61(38-50-44-129-68-27-15-13-20-53(50)68)102-78(120)62(43-109)103-76(118)58(37-49-41-95-55-21-14-12-19-52(49)55)99-81(123)66-26-18-34-108(66)84(126)60(35-47(3)4)101-77(119)59(40-70(89)112)100-80(122)65-25-17-33-107(65)82(124)54(87)39-69(88)111/h12-15,19-21,27-31,41,44,47,54,56-67,95,109-110H,8-11,16-18,22-26,32-40,42-43,45-46,87H2,1-7H3,(H2,88,111)(H2,89,112)(H2,90,113)(H,93,115)(H,96,116)(H,97,114)(H,98,121)(H,99,123)(H,100,122)(H,101,119)(H,102,120)(H,103,118)(H,104,117)(H4,91,92,94)/t54-,56-,57-,58-,59-,60-,61-,62-,63?,64-,65-,66-,67-/m0/s1. The fourth-order valence-electron chi connectivity index (χ4n) is 15.5. The Kier molecular flexibility index (Phi) is 40.8. The van der Waals surface area contributed by atoms with Crippen LogP contribution in [0.5, 0.6) is 5.75 Å². The number of aliphatic hydroxyl groups is 1. The molecule has 43 heteroatoms. The Balaban J connectivity index is 1.12. The number of thiophene rings is 1. The molecule has 2 saturated heterocycles. The largest absolute Gasteiger partial charge is 0.508 e. The summed E-state index contributed by atoms with van der Waals surface area (Å²) in [4.78, 5) is 247. The summed E-state index contributed by atoms with van der Waals surface area (Å²) in [7, 11) is 4.11. The number of aliphatic hydroxyl groups excluding tert-OH is 1. The number of carbonyl (C=O) groups is 17. The number of H-pyrrole nitrogens is 1. The van der Waals surface area contributed by atoms with Gasteiger partial charge in [-0.15, -0.1) is 23.1 Å². The number of primary amides is 3. The van der Waals surface area contributed by atoms with Crippen molar-refractivity contribution in [1.29, 1.82) is 5.41 Å². The number of fused-ring (bicyclic) bond motifs is 2. The first-order valence-electron chi connectivity index (χ1n) is 43.1. The van der Waals surface area contributed by atoms with Crippen LogP contribution in [-0.4, -0.2) is 285 Å². The van der Waals surface area contributed by atoms with Gasteiger partial charge in [0.05, 0.1) is 37.8 Å². The van der Waals surface area contributed by atoms with Crippen LogP contribution in [0.25, 0.3) is 21.0 Å². The van der Waals surface area contributed by atoms with Crippen molar-refractivity contribution in [3.05, 3.63) is 101 Å². The van der Waals surface area contributed by atoms with Crippen LogP contribution < -0.4 is 87.2 Å². The van der Waals surface area contributed by atoms with Crippen molar-refractivity contribution in [2.24, 2.45) is 34.6 Å². The molecule has 704 valence electrons. The van der Waals surface area contributed by atoms with Crippen LogP contribution in [0.2, 0.25) is 0 Å². The van der Waals surface area contributed by atoms with Crippen LogP contribution >= 0.6 is 23.1 Å². The van der Waals surface area contributed by atoms with Gasteiger partial charge in [0.25, 0.3) is 0 Å². The zero-order valence-electron chi connectivity index (χ0n) is 73.7. The SMILES string of the molecule is CCCC[C@@H](C(=O)N(C)[C@@H](CCCC)C(=O)N[C@@H](CCCNC(=N)N)C(=O)NC(CSCC(=O)N[C@@H](Cc1ccc(O)cc1)C(=O)NC)C(=O)NCC(N)=O)N(C)C(=O)[C@H](Cc1csc2ccccc12)NC(=O)[C@H](CO)NC(=O)[C@H](Cc1c[nH]c2ccccc12)NC(=O)[C@@H]1CCCN1C(=O)[C@H](CC(C)C)NC(=O)[C@H](CC(N)=O)NC(=O)[C@@H]1CCCN1C(=O)[C@@H](N)CC(N)=O. The van der Waals surface area contributed by atoms with Gasteiger partial charge in [-0.05, 0) is 115 Å². The molecule has 1 unspecified atom stereocenters. The van der Waals surface area contributed by atoms with Crippen molar-refractivity contribution in [2.45, 2.75) is 222 Å². The highest BCUT2D eigenvalue weighted by atomic mass is 32.2. The van der Waals surface area contributed by atoms with Gasteiger partial charge in [-0.3, -0.25) is 86.9 Å². The lowest BCUT2D eigenvalue weighted by molar-refractivity contribution is -0.149. The maximum absolute atomic E-state index is 15.7. The lowest BCUT2D eigenvalue weighted by atomic mass is 10.00. The number of nitrogens with one attached hydrogen (secondary N) is 13. The van der Waals surface area contributed by atoms with E-state index in [1.807, 2.05) is 32.0 Å². The molecular formula is C86H124N22O19S2. The van der Waals surface area contributed by atoms with Gasteiger partial charge in [0.2, 0.25) is 100 Å². The molecule has 0 spiro atoms. The number of phenols is 1. The molecule has 25 N–H and O–H groups in total. The van der Waals surface area contributed by atoms with Crippen molar-refractivity contribution in [3.8, 4) is 5.75 Å². The summed E-state index contributed by atoms with van der Waals surface area (Å²) in [5.74, 6) is -15.7. The molecule has 5 aromatic rings. The topological polar surface area (TPSA) is 646 Å². The molecule has 0 bridgehead atoms. The normalized spacial score (nSPS) is 16.2. The van der Waals surface area contributed by atoms with Crippen LogP contribution in [0.15, 0.2) is 84.4 Å². The van der Waals surface area contributed by atoms with Crippen LogP contribution in [0, 0.1) is 11.3 Å². The number of phenolic OH excluding ortho intramolecular Hbond substituents is 1. The second kappa shape index (κ2) is 50.9. The van der Waals surface area contributed by atoms with Gasteiger partial charge in [0.15, 0.2) is 5.96 Å². The number of aromatic hydroxyl groups is 1. The predicted octanol–water partition coefficient (Wildman–Crippen LogP) is -2.53. The molecule has 129 heavy (non-hydrogen) atoms. The molecule has 2 fully saturated rings. The molecule has 4 heterocycles. The van der Waals surface area contributed by atoms with E-state index in [4.69, 9.17) is 34.1 Å². The molecule has 0 aliphatic carbocycles. The first-order valence-corrected chi connectivity index (χ1v) is 45.1. The van der Waals surface area contributed by atoms with E-state index in [1.165, 1.54) is 54.4 Å². The van der Waals surface area contributed by atoms with E-state index >= 15 is 28.8 Å². The Bertz CT molecular complexity index is 4800. The Morgan fingerprint density at radius 2 is 1.10 bits per heavy atom. The molecule has 0 saturated carbocycles. The third-order valence-corrected chi connectivity index (χ3v) is 24.3. The average molecular weight is 1830 g/mol. The van der Waals surface area contributed by atoms with E-state index in [1.54, 1.807) is 67.9 Å². The van der Waals surface area contributed by atoms with Gasteiger partial charge in [-0.2, -0.15) is 0 Å². The first kappa shape index (κ1) is 104. The fraction of sp³-hybridized carbons (Fsp3) is 0.535. The number of guanidine groups is 1. The third-order valence-electron chi connectivity index (χ3n) is 22.3. The number of likely N-dealkylation sites (tertiary alicyclic amines) is 2. The highest BCUT2D eigenvalue weighted by molar-refractivity contribution is 8.00. The van der Waals surface area contributed by atoms with Crippen molar-refractivity contribution >= 4 is 150 Å². The summed E-state index contributed by atoms with van der Waals surface area (Å²) in [6.07, 6.45) is 2.43. The van der Waals surface area contributed by atoms with Crippen LogP contribution in [0.4, 0.5) is 0 Å². The second-order valence-electron chi connectivity index (χ2n) is 32.6. The zero-order chi connectivity index (χ0) is 94.9. The smallest absolute Gasteiger partial charge is 0.245 e. The summed E-state index contributed by atoms with van der Waals surface area (Å²) in [5.41, 5.74) is 30.2. The molecule has 2 aromatic heterocycles. The number of unbranched alkanes of at least 4 members (excludes halogenated alkanes) is 2. The number of hydrogen-bond acceptors (Lipinski definition) is 23. The van der Waals surface area contributed by atoms with Gasteiger partial charge < -0.3 is 122 Å². The third kappa shape index (κ3) is 30.9. The van der Waals surface area contributed by atoms with Gasteiger partial charge in [0, 0.05) is 87.6 Å². The Hall–Kier alpha value is -12.5. The van der Waals surface area contributed by atoms with Gasteiger partial charge in [0.1, 0.15) is 78.3 Å². The van der Waals surface area contributed by atoms with E-state index in [-0.39, 0.29) is 113 Å². The number of likely N-dealkylation sites (N-methyl/N-ethyl adjacent to an activating group) is 3. The highest BCUT2D eigenvalue weighted by Crippen LogP contribution is 2.30. The van der Waals surface area contributed by atoms with E-state index in [0.29, 0.717) is 59.7 Å². The minimum absolute atomic E-state index is 0.0105. The summed E-state index contributed by atoms with van der Waals surface area (Å²) in [5, 5.41) is 60.8. The van der Waals surface area contributed by atoms with Crippen molar-refractivity contribution in [1.82, 2.24) is 83.1 Å². The van der Waals surface area contributed by atoms with Gasteiger partial charge >= 0.3 is 0 Å². The van der Waals surface area contributed by atoms with Crippen molar-refractivity contribution in [2.75, 3.05) is 65.4 Å². The van der Waals surface area contributed by atoms with Gasteiger partial charge in [-0.25, -0.2) is 0 Å². The monoisotopic (exact) mass is 1830 g/mol. The first-order chi connectivity index (χ1) is 61.4. The van der Waals surface area contributed by atoms with Crippen LogP contribution in [0.3, 0.4) is 0 Å². The summed E-state index contributed by atoms with van der Waals surface area (Å²) < 4.78 is 0.820. The lowest BCUT2D eigenvalue weighted by Gasteiger charge is -2.36. The van der Waals surface area contributed by atoms with Crippen molar-refractivity contribution in [3.63, 3.8) is 0 Å². The second-order valence-corrected chi connectivity index (χ2v) is 34.5. The summed E-state index contributed by atoms with van der Waals surface area (Å²) >= 11 is 2.23. The highest BCUT2D eigenvalue weighted by Gasteiger charge is 2.45. The number of thioether (sulfide) groups is 1. The molecule has 13 atom stereocenters. The molecular weight excluding hydrogens is 1710 g/mol. The average Bonchev–Trinajstić information content (AvgIpc) is 1.70. The summed E-state index contributed by atoms with van der Waals surface area (Å²) in [6, 6.07) is 1.80. The minimum Gasteiger partial charge on any atom is -0.508 e. The maximum Gasteiger partial charge on any atom is 0.245 e. The molecule has 2 aliphatic rings. The lowest BCUT2D eigenvalue weighted by Crippen LogP contribution is -2.61. The number of hydrogen-bond donors (Lipinski definition) is 20. The number of aromatic amines is 1. The molecule has 2 aliphatic heterocycles. The fourth-order valence-corrected chi connectivity index (χ4v) is 17.3. The number of benzene rings is 3.